The Morgan fingerprint density at radius 3 is 2.61 bits per heavy atom. The molecule has 0 radical (unpaired) electrons. The number of benzene rings is 2. The normalized spacial score (nSPS) is 10.9. The van der Waals surface area contributed by atoms with Crippen LogP contribution in [-0.2, 0) is 0 Å². The third kappa shape index (κ3) is 3.30. The Balaban J connectivity index is 1.87. The molecular formula is C21H16ClN3O3. The summed E-state index contributed by atoms with van der Waals surface area (Å²) in [5.74, 6) is -0.306. The first kappa shape index (κ1) is 18.0. The molecule has 7 heteroatoms. The van der Waals surface area contributed by atoms with Crippen molar-refractivity contribution in [1.82, 2.24) is 15.2 Å². The van der Waals surface area contributed by atoms with Gasteiger partial charge >= 0.3 is 5.97 Å². The van der Waals surface area contributed by atoms with E-state index in [-0.39, 0.29) is 5.56 Å². The first-order valence-corrected chi connectivity index (χ1v) is 9.06. The van der Waals surface area contributed by atoms with Crippen LogP contribution in [-0.4, -0.2) is 32.9 Å². The van der Waals surface area contributed by atoms with Crippen LogP contribution >= 0.6 is 11.6 Å². The highest BCUT2D eigenvalue weighted by Gasteiger charge is 2.20. The third-order valence-electron chi connectivity index (χ3n) is 4.33. The first-order valence-electron chi connectivity index (χ1n) is 8.68. The standard InChI is InChI=1S/C21H16ClN3O3/c1-2-28-15-8-6-12(7-9-15)19-18-16(21(26)27)11-17(23-20(18)25-24-19)13-4-3-5-14(22)10-13/h3-11H,2H2,1H3,(H,26,27)(H,23,24,25). The topological polar surface area (TPSA) is 88.1 Å². The molecule has 0 saturated carbocycles. The van der Waals surface area contributed by atoms with Gasteiger partial charge in [0.25, 0.3) is 0 Å². The fraction of sp³-hybridized carbons (Fsp3) is 0.0952. The molecule has 0 aliphatic rings. The Morgan fingerprint density at radius 2 is 1.93 bits per heavy atom. The van der Waals surface area contributed by atoms with Gasteiger partial charge in [0.1, 0.15) is 5.75 Å². The zero-order valence-corrected chi connectivity index (χ0v) is 15.7. The van der Waals surface area contributed by atoms with E-state index in [2.05, 4.69) is 15.2 Å². The average Bonchev–Trinajstić information content (AvgIpc) is 3.12. The number of nitrogens with one attached hydrogen (secondary N) is 1. The minimum atomic E-state index is -1.05. The number of rotatable bonds is 5. The van der Waals surface area contributed by atoms with Crippen LogP contribution in [0.5, 0.6) is 5.75 Å². The van der Waals surface area contributed by atoms with Gasteiger partial charge in [0.15, 0.2) is 5.65 Å². The fourth-order valence-electron chi connectivity index (χ4n) is 3.08. The molecule has 2 N–H and O–H groups in total. The number of nitrogens with zero attached hydrogens (tertiary/aromatic N) is 2. The lowest BCUT2D eigenvalue weighted by atomic mass is 10.0. The molecule has 0 spiro atoms. The number of fused-ring (bicyclic) bond motifs is 1. The first-order chi connectivity index (χ1) is 13.6. The molecule has 0 amide bonds. The number of carbonyl (C=O) groups is 1. The highest BCUT2D eigenvalue weighted by atomic mass is 35.5. The van der Waals surface area contributed by atoms with E-state index in [0.29, 0.717) is 34.1 Å². The van der Waals surface area contributed by atoms with E-state index in [4.69, 9.17) is 16.3 Å². The number of hydrogen-bond donors (Lipinski definition) is 2. The number of carboxylic acids is 1. The molecule has 0 fully saturated rings. The van der Waals surface area contributed by atoms with E-state index < -0.39 is 5.97 Å². The molecule has 2 aromatic heterocycles. The Hall–Kier alpha value is -3.38. The minimum Gasteiger partial charge on any atom is -0.494 e. The summed E-state index contributed by atoms with van der Waals surface area (Å²) < 4.78 is 5.46. The van der Waals surface area contributed by atoms with E-state index in [9.17, 15) is 9.90 Å². The van der Waals surface area contributed by atoms with Crippen LogP contribution in [0.2, 0.25) is 5.02 Å². The second-order valence-electron chi connectivity index (χ2n) is 6.13. The predicted octanol–water partition coefficient (Wildman–Crippen LogP) is 5.04. The van der Waals surface area contributed by atoms with Gasteiger partial charge < -0.3 is 9.84 Å². The van der Waals surface area contributed by atoms with Crippen molar-refractivity contribution < 1.29 is 14.6 Å². The molecule has 4 rings (SSSR count). The number of hydrogen-bond acceptors (Lipinski definition) is 4. The number of aromatic nitrogens is 3. The molecule has 0 bridgehead atoms. The van der Waals surface area contributed by atoms with E-state index in [1.165, 1.54) is 0 Å². The van der Waals surface area contributed by atoms with Gasteiger partial charge in [0.2, 0.25) is 0 Å². The number of H-pyrrole nitrogens is 1. The largest absolute Gasteiger partial charge is 0.494 e. The zero-order chi connectivity index (χ0) is 19.7. The summed E-state index contributed by atoms with van der Waals surface area (Å²) in [7, 11) is 0. The van der Waals surface area contributed by atoms with Gasteiger partial charge in [0.05, 0.1) is 28.9 Å². The summed E-state index contributed by atoms with van der Waals surface area (Å²) in [5, 5.41) is 18.0. The van der Waals surface area contributed by atoms with Gasteiger partial charge in [-0.2, -0.15) is 5.10 Å². The monoisotopic (exact) mass is 393 g/mol. The Morgan fingerprint density at radius 1 is 1.14 bits per heavy atom. The summed E-state index contributed by atoms with van der Waals surface area (Å²) in [4.78, 5) is 16.5. The quantitative estimate of drug-likeness (QED) is 0.495. The van der Waals surface area contributed by atoms with Crippen LogP contribution in [0.3, 0.4) is 0 Å². The van der Waals surface area contributed by atoms with E-state index in [0.717, 1.165) is 16.9 Å². The van der Waals surface area contributed by atoms with Crippen molar-refractivity contribution in [3.05, 3.63) is 65.2 Å². The summed E-state index contributed by atoms with van der Waals surface area (Å²) in [6, 6.07) is 16.0. The summed E-state index contributed by atoms with van der Waals surface area (Å²) in [6.07, 6.45) is 0. The molecule has 2 aromatic carbocycles. The van der Waals surface area contributed by atoms with Crippen molar-refractivity contribution >= 4 is 28.6 Å². The maximum atomic E-state index is 12.0. The van der Waals surface area contributed by atoms with Gasteiger partial charge in [-0.25, -0.2) is 9.78 Å². The van der Waals surface area contributed by atoms with Gasteiger partial charge in [0, 0.05) is 16.1 Å². The molecule has 6 nitrogen and oxygen atoms in total. The van der Waals surface area contributed by atoms with Crippen molar-refractivity contribution in [3.8, 4) is 28.3 Å². The van der Waals surface area contributed by atoms with Crippen LogP contribution < -0.4 is 4.74 Å². The number of carboxylic acid groups (broad SMARTS) is 1. The molecule has 140 valence electrons. The van der Waals surface area contributed by atoms with Gasteiger partial charge in [-0.15, -0.1) is 0 Å². The maximum Gasteiger partial charge on any atom is 0.336 e. The highest BCUT2D eigenvalue weighted by Crippen LogP contribution is 2.32. The van der Waals surface area contributed by atoms with Gasteiger partial charge in [-0.05, 0) is 49.4 Å². The van der Waals surface area contributed by atoms with Crippen molar-refractivity contribution in [2.75, 3.05) is 6.61 Å². The summed E-state index contributed by atoms with van der Waals surface area (Å²) in [6.45, 7) is 2.49. The number of ether oxygens (including phenoxy) is 1. The molecule has 0 unspecified atom stereocenters. The average molecular weight is 394 g/mol. The Bertz CT molecular complexity index is 1170. The van der Waals surface area contributed by atoms with E-state index in [1.54, 1.807) is 24.3 Å². The molecule has 4 aromatic rings. The number of aromatic carboxylic acids is 1. The summed E-state index contributed by atoms with van der Waals surface area (Å²) in [5.41, 5.74) is 3.07. The molecule has 0 saturated heterocycles. The Labute approximate surface area is 165 Å². The van der Waals surface area contributed by atoms with Crippen molar-refractivity contribution in [2.24, 2.45) is 0 Å². The SMILES string of the molecule is CCOc1ccc(-c2[nH]nc3nc(-c4cccc(Cl)c4)cc(C(=O)O)c23)cc1. The molecule has 2 heterocycles. The highest BCUT2D eigenvalue weighted by molar-refractivity contribution is 6.30. The number of halogens is 1. The fourth-order valence-corrected chi connectivity index (χ4v) is 3.27. The van der Waals surface area contributed by atoms with Crippen LogP contribution in [0, 0.1) is 0 Å². The van der Waals surface area contributed by atoms with E-state index >= 15 is 0 Å². The minimum absolute atomic E-state index is 0.123. The second-order valence-corrected chi connectivity index (χ2v) is 6.56. The second kappa shape index (κ2) is 7.32. The molecule has 28 heavy (non-hydrogen) atoms. The lowest BCUT2D eigenvalue weighted by molar-refractivity contribution is 0.0699. The lowest BCUT2D eigenvalue weighted by Gasteiger charge is -2.07. The lowest BCUT2D eigenvalue weighted by Crippen LogP contribution is -2.00. The number of aromatic amines is 1. The van der Waals surface area contributed by atoms with Gasteiger partial charge in [-0.1, -0.05) is 23.7 Å². The maximum absolute atomic E-state index is 12.0. The molecule has 0 aliphatic carbocycles. The third-order valence-corrected chi connectivity index (χ3v) is 4.56. The summed E-state index contributed by atoms with van der Waals surface area (Å²) >= 11 is 6.06. The number of pyridine rings is 1. The van der Waals surface area contributed by atoms with Crippen LogP contribution in [0.25, 0.3) is 33.5 Å². The zero-order valence-electron chi connectivity index (χ0n) is 14.9. The molecular weight excluding hydrogens is 378 g/mol. The molecule has 0 atom stereocenters. The predicted molar refractivity (Wildman–Crippen MR) is 108 cm³/mol. The van der Waals surface area contributed by atoms with Gasteiger partial charge in [-0.3, -0.25) is 5.10 Å². The van der Waals surface area contributed by atoms with Crippen LogP contribution in [0.4, 0.5) is 0 Å². The van der Waals surface area contributed by atoms with Crippen LogP contribution in [0.15, 0.2) is 54.6 Å². The van der Waals surface area contributed by atoms with Crippen molar-refractivity contribution in [2.45, 2.75) is 6.92 Å². The smallest absolute Gasteiger partial charge is 0.336 e. The van der Waals surface area contributed by atoms with Crippen molar-refractivity contribution in [1.29, 1.82) is 0 Å². The van der Waals surface area contributed by atoms with Crippen molar-refractivity contribution in [3.63, 3.8) is 0 Å². The van der Waals surface area contributed by atoms with E-state index in [1.807, 2.05) is 37.3 Å². The molecule has 0 aliphatic heterocycles. The van der Waals surface area contributed by atoms with Crippen LogP contribution in [0.1, 0.15) is 17.3 Å². The Kier molecular flexibility index (Phi) is 4.71.